The van der Waals surface area contributed by atoms with Gasteiger partial charge in [0.25, 0.3) is 5.91 Å². The van der Waals surface area contributed by atoms with Crippen molar-refractivity contribution >= 4 is 16.9 Å². The van der Waals surface area contributed by atoms with Gasteiger partial charge in [0.1, 0.15) is 11.4 Å². The van der Waals surface area contributed by atoms with Gasteiger partial charge in [-0.2, -0.15) is 5.10 Å². The van der Waals surface area contributed by atoms with Gasteiger partial charge in [-0.05, 0) is 51.1 Å². The zero-order valence-electron chi connectivity index (χ0n) is 20.1. The van der Waals surface area contributed by atoms with E-state index in [0.29, 0.717) is 5.56 Å². The van der Waals surface area contributed by atoms with Crippen LogP contribution in [-0.2, 0) is 0 Å². The van der Waals surface area contributed by atoms with Gasteiger partial charge in [0.15, 0.2) is 5.65 Å². The molecule has 0 radical (unpaired) electrons. The number of nitrogens with one attached hydrogen (secondary N) is 1. The molecule has 1 saturated heterocycles. The number of aryl methyl sites for hydroxylation is 1. The van der Waals surface area contributed by atoms with Crippen LogP contribution in [0.4, 0.5) is 0 Å². The van der Waals surface area contributed by atoms with Gasteiger partial charge in [0, 0.05) is 36.7 Å². The lowest BCUT2D eigenvalue weighted by molar-refractivity contribution is -0.0195. The van der Waals surface area contributed by atoms with Crippen LogP contribution < -0.4 is 10.1 Å². The lowest BCUT2D eigenvalue weighted by atomic mass is 9.80. The smallest absolute Gasteiger partial charge is 0.253 e. The van der Waals surface area contributed by atoms with Gasteiger partial charge in [0.05, 0.1) is 23.0 Å². The van der Waals surface area contributed by atoms with Gasteiger partial charge in [-0.15, -0.1) is 0 Å². The highest BCUT2D eigenvalue weighted by Gasteiger charge is 2.43. The molecule has 4 heterocycles. The number of para-hydroxylation sites is 2. The summed E-state index contributed by atoms with van der Waals surface area (Å²) in [6.45, 7) is 3.94. The molecular formula is C28H29N5O2. The van der Waals surface area contributed by atoms with Gasteiger partial charge in [-0.25, -0.2) is 9.67 Å². The molecule has 4 aromatic rings. The number of pyridine rings is 1. The molecule has 1 N–H and O–H groups in total. The van der Waals surface area contributed by atoms with Crippen molar-refractivity contribution in [1.82, 2.24) is 25.0 Å². The summed E-state index contributed by atoms with van der Waals surface area (Å²) in [6.07, 6.45) is 4.32. The number of hydrogen-bond acceptors (Lipinski definition) is 5. The van der Waals surface area contributed by atoms with Gasteiger partial charge in [-0.3, -0.25) is 4.79 Å². The van der Waals surface area contributed by atoms with Gasteiger partial charge < -0.3 is 15.0 Å². The Morgan fingerprint density at radius 1 is 1.09 bits per heavy atom. The number of rotatable bonds is 3. The predicted molar refractivity (Wildman–Crippen MR) is 135 cm³/mol. The Balaban J connectivity index is 1.30. The van der Waals surface area contributed by atoms with Crippen LogP contribution in [0.3, 0.4) is 0 Å². The highest BCUT2D eigenvalue weighted by Crippen LogP contribution is 2.44. The van der Waals surface area contributed by atoms with Crippen molar-refractivity contribution in [3.05, 3.63) is 83.7 Å². The maximum Gasteiger partial charge on any atom is 0.253 e. The number of nitrogens with zero attached hydrogens (tertiary/aromatic N) is 4. The van der Waals surface area contributed by atoms with Crippen LogP contribution >= 0.6 is 0 Å². The third-order valence-electron chi connectivity index (χ3n) is 7.37. The van der Waals surface area contributed by atoms with Crippen LogP contribution in [0, 0.1) is 6.92 Å². The van der Waals surface area contributed by atoms with E-state index in [2.05, 4.69) is 33.4 Å². The van der Waals surface area contributed by atoms with Gasteiger partial charge in [0.2, 0.25) is 0 Å². The summed E-state index contributed by atoms with van der Waals surface area (Å²) in [5.41, 5.74) is 3.85. The van der Waals surface area contributed by atoms with Crippen molar-refractivity contribution in [2.45, 2.75) is 37.8 Å². The second-order valence-corrected chi connectivity index (χ2v) is 9.78. The lowest BCUT2D eigenvalue weighted by Crippen LogP contribution is -2.51. The quantitative estimate of drug-likeness (QED) is 0.482. The number of piperidine rings is 1. The molecule has 6 rings (SSSR count). The first-order valence-corrected chi connectivity index (χ1v) is 12.2. The molecule has 2 aromatic carbocycles. The van der Waals surface area contributed by atoms with Crippen molar-refractivity contribution in [3.8, 4) is 11.4 Å². The number of fused-ring (bicyclic) bond motifs is 2. The van der Waals surface area contributed by atoms with E-state index in [4.69, 9.17) is 4.74 Å². The Labute approximate surface area is 204 Å². The first-order chi connectivity index (χ1) is 17.0. The van der Waals surface area contributed by atoms with Crippen LogP contribution in [0.2, 0.25) is 0 Å². The lowest BCUT2D eigenvalue weighted by Gasteiger charge is -2.46. The summed E-state index contributed by atoms with van der Waals surface area (Å²) in [7, 11) is 2.15. The summed E-state index contributed by atoms with van der Waals surface area (Å²) >= 11 is 0. The number of carbonyl (C=O) groups excluding carboxylic acids is 1. The molecule has 0 saturated carbocycles. The van der Waals surface area contributed by atoms with Crippen LogP contribution in [-0.4, -0.2) is 51.3 Å². The molecule has 2 aliphatic heterocycles. The van der Waals surface area contributed by atoms with E-state index in [1.807, 2.05) is 66.2 Å². The van der Waals surface area contributed by atoms with E-state index in [9.17, 15) is 4.79 Å². The molecule has 0 bridgehead atoms. The minimum absolute atomic E-state index is 0.111. The van der Waals surface area contributed by atoms with Crippen LogP contribution in [0.5, 0.6) is 5.75 Å². The van der Waals surface area contributed by atoms with E-state index in [-0.39, 0.29) is 17.6 Å². The van der Waals surface area contributed by atoms with E-state index in [1.165, 1.54) is 0 Å². The van der Waals surface area contributed by atoms with Crippen molar-refractivity contribution < 1.29 is 9.53 Å². The molecule has 0 aliphatic carbocycles. The maximum absolute atomic E-state index is 13.5. The normalized spacial score (nSPS) is 19.3. The third-order valence-corrected chi connectivity index (χ3v) is 7.37. The van der Waals surface area contributed by atoms with Crippen LogP contribution in [0.1, 0.15) is 46.9 Å². The second-order valence-electron chi connectivity index (χ2n) is 9.78. The fourth-order valence-electron chi connectivity index (χ4n) is 5.34. The number of hydrogen-bond donors (Lipinski definition) is 1. The Morgan fingerprint density at radius 2 is 1.83 bits per heavy atom. The SMILES string of the molecule is Cc1nn(-c2ccccc2)c2ncc(C(=O)NC3CC4(CCN(C)CC4)Oc4ccccc43)cc12. The zero-order chi connectivity index (χ0) is 24.0. The minimum atomic E-state index is -0.242. The third kappa shape index (κ3) is 3.96. The second kappa shape index (κ2) is 8.50. The predicted octanol–water partition coefficient (Wildman–Crippen LogP) is 4.45. The van der Waals surface area contributed by atoms with Crippen LogP contribution in [0.25, 0.3) is 16.7 Å². The number of benzene rings is 2. The van der Waals surface area contributed by atoms with Crippen molar-refractivity contribution in [2.24, 2.45) is 0 Å². The highest BCUT2D eigenvalue weighted by molar-refractivity contribution is 5.97. The summed E-state index contributed by atoms with van der Waals surface area (Å²) in [6, 6.07) is 19.8. The Kier molecular flexibility index (Phi) is 5.29. The summed E-state index contributed by atoms with van der Waals surface area (Å²) in [4.78, 5) is 20.4. The van der Waals surface area contributed by atoms with Crippen molar-refractivity contribution in [2.75, 3.05) is 20.1 Å². The number of ether oxygens (including phenoxy) is 1. The Bertz CT molecular complexity index is 1390. The van der Waals surface area contributed by atoms with Gasteiger partial charge in [-0.1, -0.05) is 36.4 Å². The molecule has 1 unspecified atom stereocenters. The average Bonchev–Trinajstić information content (AvgIpc) is 3.22. The number of carbonyl (C=O) groups is 1. The van der Waals surface area contributed by atoms with E-state index in [0.717, 1.165) is 66.1 Å². The molecular weight excluding hydrogens is 438 g/mol. The van der Waals surface area contributed by atoms with Gasteiger partial charge >= 0.3 is 0 Å². The number of aromatic nitrogens is 3. The number of amides is 1. The molecule has 1 fully saturated rings. The fourth-order valence-corrected chi connectivity index (χ4v) is 5.34. The molecule has 2 aliphatic rings. The topological polar surface area (TPSA) is 72.3 Å². The summed E-state index contributed by atoms with van der Waals surface area (Å²) < 4.78 is 8.37. The standard InChI is InChI=1S/C28H29N5O2/c1-19-23-16-20(18-29-26(23)33(31-19)21-8-4-3-5-9-21)27(34)30-24-17-28(12-14-32(2)15-13-28)35-25-11-7-6-10-22(24)25/h3-11,16,18,24H,12-15,17H2,1-2H3,(H,30,34). The molecule has 178 valence electrons. The first-order valence-electron chi connectivity index (χ1n) is 12.2. The number of likely N-dealkylation sites (tertiary alicyclic amines) is 1. The van der Waals surface area contributed by atoms with E-state index < -0.39 is 0 Å². The first kappa shape index (κ1) is 21.8. The van der Waals surface area contributed by atoms with Crippen molar-refractivity contribution in [3.63, 3.8) is 0 Å². The Morgan fingerprint density at radius 3 is 2.63 bits per heavy atom. The maximum atomic E-state index is 13.5. The van der Waals surface area contributed by atoms with Crippen molar-refractivity contribution in [1.29, 1.82) is 0 Å². The largest absolute Gasteiger partial charge is 0.487 e. The van der Waals surface area contributed by atoms with E-state index in [1.54, 1.807) is 6.20 Å². The molecule has 2 aromatic heterocycles. The molecule has 1 atom stereocenters. The average molecular weight is 468 g/mol. The fraction of sp³-hybridized carbons (Fsp3) is 0.321. The van der Waals surface area contributed by atoms with Crippen LogP contribution in [0.15, 0.2) is 66.9 Å². The summed E-state index contributed by atoms with van der Waals surface area (Å²) in [5, 5.41) is 8.84. The monoisotopic (exact) mass is 467 g/mol. The summed E-state index contributed by atoms with van der Waals surface area (Å²) in [5.74, 6) is 0.748. The highest BCUT2D eigenvalue weighted by atomic mass is 16.5. The molecule has 7 nitrogen and oxygen atoms in total. The molecule has 35 heavy (non-hydrogen) atoms. The molecule has 1 spiro atoms. The minimum Gasteiger partial charge on any atom is -0.487 e. The molecule has 1 amide bonds. The zero-order valence-corrected chi connectivity index (χ0v) is 20.1. The van der Waals surface area contributed by atoms with E-state index >= 15 is 0 Å². The molecule has 7 heteroatoms. The Hall–Kier alpha value is -3.71.